The number of aromatic nitrogens is 1. The number of hydrogen-bond acceptors (Lipinski definition) is 3. The van der Waals surface area contributed by atoms with Gasteiger partial charge < -0.3 is 5.11 Å². The summed E-state index contributed by atoms with van der Waals surface area (Å²) in [6.45, 7) is 0.0626. The molecule has 0 fully saturated rings. The summed E-state index contributed by atoms with van der Waals surface area (Å²) in [6, 6.07) is 0. The van der Waals surface area contributed by atoms with E-state index in [1.807, 2.05) is 0 Å². The Bertz CT molecular complexity index is 514. The van der Waals surface area contributed by atoms with Crippen LogP contribution in [0.1, 0.15) is 0 Å². The smallest absolute Gasteiger partial charge is 0.434 e. The van der Waals surface area contributed by atoms with Gasteiger partial charge in [-0.2, -0.15) is 9.18 Å². The maximum atomic E-state index is 12.7. The zero-order valence-electron chi connectivity index (χ0n) is 6.78. The van der Waals surface area contributed by atoms with Crippen LogP contribution in [-0.2, 0) is 0 Å². The van der Waals surface area contributed by atoms with Gasteiger partial charge in [0.15, 0.2) is 11.8 Å². The summed E-state index contributed by atoms with van der Waals surface area (Å²) < 4.78 is 12.4. The number of nitrogens with zero attached hydrogens (tertiary/aromatic N) is 2. The van der Waals surface area contributed by atoms with Crippen molar-refractivity contribution in [2.45, 2.75) is 0 Å². The van der Waals surface area contributed by atoms with Crippen molar-refractivity contribution in [3.63, 3.8) is 0 Å². The number of rotatable bonds is 0. The molecule has 0 saturated carbocycles. The highest BCUT2D eigenvalue weighted by molar-refractivity contribution is 7.07. The van der Waals surface area contributed by atoms with Crippen LogP contribution < -0.4 is 9.88 Å². The van der Waals surface area contributed by atoms with Crippen molar-refractivity contribution in [3.8, 4) is 0 Å². The molecule has 4 nitrogen and oxygen atoms in total. The van der Waals surface area contributed by atoms with Gasteiger partial charge in [0.2, 0.25) is 0 Å². The molecule has 1 amide bonds. The standard InChI is InChI=1S/C7H4ClFN2O2S/c8-11(7(12)13)2-1-4-5(3-11)14-6(9)10-4/h1,3H,2H2/p+1. The van der Waals surface area contributed by atoms with Crippen LogP contribution >= 0.6 is 23.1 Å². The molecule has 1 atom stereocenters. The maximum absolute atomic E-state index is 12.7. The van der Waals surface area contributed by atoms with Crippen molar-refractivity contribution < 1.29 is 18.3 Å². The highest BCUT2D eigenvalue weighted by atomic mass is 35.5. The summed E-state index contributed by atoms with van der Waals surface area (Å²) in [4.78, 5) is 14.4. The molecule has 0 bridgehead atoms. The minimum Gasteiger partial charge on any atom is -0.434 e. The second-order valence-electron chi connectivity index (χ2n) is 2.79. The second-order valence-corrected chi connectivity index (χ2v) is 4.37. The third-order valence-corrected chi connectivity index (χ3v) is 3.02. The van der Waals surface area contributed by atoms with Gasteiger partial charge in [0.1, 0.15) is 17.3 Å². The van der Waals surface area contributed by atoms with Gasteiger partial charge >= 0.3 is 6.09 Å². The summed E-state index contributed by atoms with van der Waals surface area (Å²) in [5, 5.41) is 8.69. The predicted molar refractivity (Wildman–Crippen MR) is 49.3 cm³/mol. The number of carbonyl (C=O) groups is 1. The molecule has 7 heteroatoms. The van der Waals surface area contributed by atoms with E-state index in [2.05, 4.69) is 4.98 Å². The molecule has 1 aromatic rings. The average molecular weight is 236 g/mol. The Morgan fingerprint density at radius 3 is 3.14 bits per heavy atom. The van der Waals surface area contributed by atoms with Gasteiger partial charge in [-0.05, 0) is 6.08 Å². The summed E-state index contributed by atoms with van der Waals surface area (Å²) in [6.07, 6.45) is 1.60. The Morgan fingerprint density at radius 2 is 2.50 bits per heavy atom. The van der Waals surface area contributed by atoms with Gasteiger partial charge in [0.05, 0.1) is 5.35 Å². The van der Waals surface area contributed by atoms with E-state index in [0.717, 1.165) is 11.3 Å². The molecule has 1 aliphatic rings. The van der Waals surface area contributed by atoms with E-state index in [4.69, 9.17) is 16.9 Å². The van der Waals surface area contributed by atoms with Gasteiger partial charge in [0, 0.05) is 0 Å². The SMILES string of the molecule is O=C(O)[N+]1(Cl)C=c2sc(F)nc2=CC1. The molecule has 14 heavy (non-hydrogen) atoms. The van der Waals surface area contributed by atoms with E-state index in [1.165, 1.54) is 12.3 Å². The number of carboxylic acid groups (broad SMARTS) is 1. The van der Waals surface area contributed by atoms with Crippen molar-refractivity contribution in [1.29, 1.82) is 0 Å². The topological polar surface area (TPSA) is 50.2 Å². The average Bonchev–Trinajstić information content (AvgIpc) is 2.43. The van der Waals surface area contributed by atoms with E-state index < -0.39 is 15.4 Å². The predicted octanol–water partition coefficient (Wildman–Crippen LogP) is 0.463. The molecular formula is C7H5ClFN2O2S+. The third kappa shape index (κ3) is 1.41. The summed E-state index contributed by atoms with van der Waals surface area (Å²) >= 11 is 6.54. The minimum atomic E-state index is -1.19. The highest BCUT2D eigenvalue weighted by Crippen LogP contribution is 2.16. The number of hydrogen-bond donors (Lipinski definition) is 1. The Kier molecular flexibility index (Phi) is 2.06. The Balaban J connectivity index is 2.63. The second kappa shape index (κ2) is 3.01. The Morgan fingerprint density at radius 1 is 1.79 bits per heavy atom. The summed E-state index contributed by atoms with van der Waals surface area (Å²) in [5.74, 6) is 0. The largest absolute Gasteiger partial charge is 0.537 e. The first-order chi connectivity index (χ1) is 6.51. The molecule has 1 aliphatic heterocycles. The number of amides is 1. The molecule has 0 aromatic carbocycles. The number of thiazole rings is 1. The first-order valence-electron chi connectivity index (χ1n) is 3.67. The molecule has 1 aromatic heterocycles. The lowest BCUT2D eigenvalue weighted by molar-refractivity contribution is -0.639. The molecular weight excluding hydrogens is 231 g/mol. The first kappa shape index (κ1) is 9.57. The Hall–Kier alpha value is -0.980. The van der Waals surface area contributed by atoms with Crippen molar-refractivity contribution in [2.75, 3.05) is 6.54 Å². The lowest BCUT2D eigenvalue weighted by atomic mass is 10.4. The summed E-state index contributed by atoms with van der Waals surface area (Å²) in [5.41, 5.74) is 0. The van der Waals surface area contributed by atoms with Crippen molar-refractivity contribution in [1.82, 2.24) is 4.98 Å². The zero-order chi connectivity index (χ0) is 10.3. The Labute approximate surface area is 86.9 Å². The monoisotopic (exact) mass is 235 g/mol. The van der Waals surface area contributed by atoms with Crippen LogP contribution in [0.25, 0.3) is 12.3 Å². The van der Waals surface area contributed by atoms with Crippen LogP contribution in [0.2, 0.25) is 0 Å². The molecule has 2 rings (SSSR count). The zero-order valence-corrected chi connectivity index (χ0v) is 8.35. The molecule has 2 heterocycles. The third-order valence-electron chi connectivity index (χ3n) is 1.85. The fraction of sp³-hybridized carbons (Fsp3) is 0.143. The molecule has 0 spiro atoms. The minimum absolute atomic E-state index is 0.0626. The van der Waals surface area contributed by atoms with E-state index >= 15 is 0 Å². The van der Waals surface area contributed by atoms with Gasteiger partial charge in [-0.15, -0.1) is 0 Å². The van der Waals surface area contributed by atoms with Crippen LogP contribution in [0.5, 0.6) is 0 Å². The molecule has 1 unspecified atom stereocenters. The fourth-order valence-corrected chi connectivity index (χ4v) is 2.16. The van der Waals surface area contributed by atoms with Gasteiger partial charge in [0.25, 0.3) is 5.26 Å². The lowest BCUT2D eigenvalue weighted by Crippen LogP contribution is -2.45. The number of halogens is 2. The van der Waals surface area contributed by atoms with Gasteiger partial charge in [-0.25, -0.2) is 4.98 Å². The number of fused-ring (bicyclic) bond motifs is 1. The molecule has 0 aliphatic carbocycles. The van der Waals surface area contributed by atoms with Crippen LogP contribution in [-0.4, -0.2) is 26.7 Å². The van der Waals surface area contributed by atoms with Crippen LogP contribution in [0, 0.1) is 5.26 Å². The normalized spacial score (nSPS) is 24.7. The van der Waals surface area contributed by atoms with Crippen molar-refractivity contribution >= 4 is 41.5 Å². The van der Waals surface area contributed by atoms with E-state index in [0.29, 0.717) is 9.88 Å². The molecule has 0 saturated heterocycles. The van der Waals surface area contributed by atoms with Crippen LogP contribution in [0.15, 0.2) is 0 Å². The lowest BCUT2D eigenvalue weighted by Gasteiger charge is -2.16. The highest BCUT2D eigenvalue weighted by Gasteiger charge is 2.35. The van der Waals surface area contributed by atoms with E-state index in [-0.39, 0.29) is 6.54 Å². The quantitative estimate of drug-likeness (QED) is 0.665. The molecule has 0 radical (unpaired) electrons. The van der Waals surface area contributed by atoms with E-state index in [9.17, 15) is 9.18 Å². The van der Waals surface area contributed by atoms with Gasteiger partial charge in [-0.1, -0.05) is 15.3 Å². The molecule has 74 valence electrons. The summed E-state index contributed by atoms with van der Waals surface area (Å²) in [7, 11) is 0. The fourth-order valence-electron chi connectivity index (χ4n) is 1.15. The maximum Gasteiger partial charge on any atom is 0.537 e. The molecule has 1 N–H and O–H groups in total. The van der Waals surface area contributed by atoms with Crippen LogP contribution in [0.4, 0.5) is 9.18 Å². The van der Waals surface area contributed by atoms with Crippen molar-refractivity contribution in [2.24, 2.45) is 0 Å². The number of quaternary nitrogens is 1. The van der Waals surface area contributed by atoms with Gasteiger partial charge in [-0.3, -0.25) is 0 Å². The van der Waals surface area contributed by atoms with E-state index in [1.54, 1.807) is 0 Å². The first-order valence-corrected chi connectivity index (χ1v) is 4.83. The van der Waals surface area contributed by atoms with Crippen molar-refractivity contribution in [3.05, 3.63) is 15.1 Å². The van der Waals surface area contributed by atoms with Crippen LogP contribution in [0.3, 0.4) is 0 Å².